The highest BCUT2D eigenvalue weighted by molar-refractivity contribution is 7.99. The van der Waals surface area contributed by atoms with Gasteiger partial charge in [0, 0.05) is 10.6 Å². The number of ether oxygens (including phenoxy) is 1. The normalized spacial score (nSPS) is 19.4. The van der Waals surface area contributed by atoms with Gasteiger partial charge in [0.1, 0.15) is 11.9 Å². The van der Waals surface area contributed by atoms with Crippen LogP contribution in [0.15, 0.2) is 53.4 Å². The van der Waals surface area contributed by atoms with Gasteiger partial charge in [0.15, 0.2) is 0 Å². The standard InChI is InChI=1S/C16H17NOS/c1-11-6-8-12(9-7-11)16(17)14-10-19-15-5-3-2-4-13(15)18-14/h2-9,14,16H,10,17H2,1H3. The van der Waals surface area contributed by atoms with Crippen molar-refractivity contribution in [2.24, 2.45) is 5.73 Å². The lowest BCUT2D eigenvalue weighted by atomic mass is 10.0. The molecule has 3 rings (SSSR count). The molecule has 0 fully saturated rings. The third-order valence-electron chi connectivity index (χ3n) is 3.39. The van der Waals surface area contributed by atoms with Crippen LogP contribution < -0.4 is 10.5 Å². The summed E-state index contributed by atoms with van der Waals surface area (Å²) in [6, 6.07) is 16.4. The molecule has 2 unspecified atom stereocenters. The van der Waals surface area contributed by atoms with Crippen LogP contribution in [0.1, 0.15) is 17.2 Å². The topological polar surface area (TPSA) is 35.2 Å². The zero-order chi connectivity index (χ0) is 13.2. The quantitative estimate of drug-likeness (QED) is 0.907. The fourth-order valence-corrected chi connectivity index (χ4v) is 3.27. The second-order valence-electron chi connectivity index (χ2n) is 4.85. The number of hydrogen-bond donors (Lipinski definition) is 1. The molecule has 2 atom stereocenters. The van der Waals surface area contributed by atoms with Gasteiger partial charge in [0.05, 0.1) is 6.04 Å². The number of rotatable bonds is 2. The molecule has 2 nitrogen and oxygen atoms in total. The number of benzene rings is 2. The Hall–Kier alpha value is -1.45. The lowest BCUT2D eigenvalue weighted by molar-refractivity contribution is 0.185. The molecule has 2 aromatic carbocycles. The maximum Gasteiger partial charge on any atom is 0.133 e. The van der Waals surface area contributed by atoms with Crippen LogP contribution in [0.4, 0.5) is 0 Å². The van der Waals surface area contributed by atoms with Crippen LogP contribution in [0, 0.1) is 6.92 Å². The average Bonchev–Trinajstić information content (AvgIpc) is 2.47. The van der Waals surface area contributed by atoms with Crippen LogP contribution in [-0.2, 0) is 0 Å². The van der Waals surface area contributed by atoms with Gasteiger partial charge in [-0.05, 0) is 24.6 Å². The highest BCUT2D eigenvalue weighted by Crippen LogP contribution is 2.37. The van der Waals surface area contributed by atoms with Crippen molar-refractivity contribution in [1.29, 1.82) is 0 Å². The third-order valence-corrected chi connectivity index (χ3v) is 4.54. The first kappa shape index (κ1) is 12.6. The smallest absolute Gasteiger partial charge is 0.133 e. The summed E-state index contributed by atoms with van der Waals surface area (Å²) in [6.07, 6.45) is 0.0302. The van der Waals surface area contributed by atoms with Gasteiger partial charge in [-0.1, -0.05) is 42.0 Å². The van der Waals surface area contributed by atoms with E-state index in [9.17, 15) is 0 Å². The molecule has 19 heavy (non-hydrogen) atoms. The van der Waals surface area contributed by atoms with Crippen molar-refractivity contribution in [2.45, 2.75) is 24.0 Å². The summed E-state index contributed by atoms with van der Waals surface area (Å²) in [4.78, 5) is 1.20. The van der Waals surface area contributed by atoms with Gasteiger partial charge in [-0.3, -0.25) is 0 Å². The largest absolute Gasteiger partial charge is 0.486 e. The molecule has 3 heteroatoms. The van der Waals surface area contributed by atoms with Gasteiger partial charge in [0.25, 0.3) is 0 Å². The first-order chi connectivity index (χ1) is 9.24. The molecule has 0 aliphatic carbocycles. The lowest BCUT2D eigenvalue weighted by Crippen LogP contribution is -2.35. The molecule has 98 valence electrons. The molecule has 1 aliphatic rings. The van der Waals surface area contributed by atoms with Gasteiger partial charge < -0.3 is 10.5 Å². The molecule has 2 aromatic rings. The molecule has 2 N–H and O–H groups in total. The van der Waals surface area contributed by atoms with E-state index in [1.807, 2.05) is 30.0 Å². The second-order valence-corrected chi connectivity index (χ2v) is 5.91. The van der Waals surface area contributed by atoms with Crippen molar-refractivity contribution in [3.8, 4) is 5.75 Å². The predicted octanol–water partition coefficient (Wildman–Crippen LogP) is 3.55. The van der Waals surface area contributed by atoms with Gasteiger partial charge in [-0.15, -0.1) is 11.8 Å². The molecule has 0 saturated heterocycles. The highest BCUT2D eigenvalue weighted by Gasteiger charge is 2.26. The van der Waals surface area contributed by atoms with E-state index in [2.05, 4.69) is 37.3 Å². The van der Waals surface area contributed by atoms with E-state index in [0.717, 1.165) is 17.1 Å². The number of aryl methyl sites for hydroxylation is 1. The van der Waals surface area contributed by atoms with Crippen molar-refractivity contribution in [3.63, 3.8) is 0 Å². The first-order valence-electron chi connectivity index (χ1n) is 6.44. The molecule has 0 radical (unpaired) electrons. The van der Waals surface area contributed by atoms with Crippen LogP contribution >= 0.6 is 11.8 Å². The van der Waals surface area contributed by atoms with Crippen molar-refractivity contribution in [3.05, 3.63) is 59.7 Å². The molecule has 0 aromatic heterocycles. The van der Waals surface area contributed by atoms with Crippen molar-refractivity contribution in [2.75, 3.05) is 5.75 Å². The van der Waals surface area contributed by atoms with E-state index in [1.165, 1.54) is 10.5 Å². The number of nitrogens with two attached hydrogens (primary N) is 1. The van der Waals surface area contributed by atoms with Crippen molar-refractivity contribution < 1.29 is 4.74 Å². The van der Waals surface area contributed by atoms with Crippen LogP contribution in [-0.4, -0.2) is 11.9 Å². The predicted molar refractivity (Wildman–Crippen MR) is 79.7 cm³/mol. The van der Waals surface area contributed by atoms with Crippen LogP contribution in [0.2, 0.25) is 0 Å². The zero-order valence-corrected chi connectivity index (χ0v) is 11.7. The van der Waals surface area contributed by atoms with Crippen LogP contribution in [0.25, 0.3) is 0 Å². The Kier molecular flexibility index (Phi) is 3.49. The van der Waals surface area contributed by atoms with Gasteiger partial charge in [-0.2, -0.15) is 0 Å². The number of para-hydroxylation sites is 1. The summed E-state index contributed by atoms with van der Waals surface area (Å²) >= 11 is 1.82. The van der Waals surface area contributed by atoms with E-state index in [1.54, 1.807) is 0 Å². The summed E-state index contributed by atoms with van der Waals surface area (Å²) in [6.45, 7) is 2.08. The van der Waals surface area contributed by atoms with E-state index >= 15 is 0 Å². The SMILES string of the molecule is Cc1ccc(C(N)C2CSc3ccccc3O2)cc1. The van der Waals surface area contributed by atoms with Crippen molar-refractivity contribution >= 4 is 11.8 Å². The Morgan fingerprint density at radius 3 is 2.68 bits per heavy atom. The maximum atomic E-state index is 6.34. The lowest BCUT2D eigenvalue weighted by Gasteiger charge is -2.30. The summed E-state index contributed by atoms with van der Waals surface area (Å²) in [5, 5.41) is 0. The molecular formula is C16H17NOS. The van der Waals surface area contributed by atoms with E-state index in [0.29, 0.717) is 0 Å². The van der Waals surface area contributed by atoms with Gasteiger partial charge in [-0.25, -0.2) is 0 Å². The molecular weight excluding hydrogens is 254 g/mol. The fourth-order valence-electron chi connectivity index (χ4n) is 2.22. The molecule has 1 heterocycles. The van der Waals surface area contributed by atoms with Gasteiger partial charge in [0.2, 0.25) is 0 Å². The van der Waals surface area contributed by atoms with Crippen molar-refractivity contribution in [1.82, 2.24) is 0 Å². The van der Waals surface area contributed by atoms with Crippen LogP contribution in [0.3, 0.4) is 0 Å². The summed E-state index contributed by atoms with van der Waals surface area (Å²) in [7, 11) is 0. The Bertz CT molecular complexity index is 567. The summed E-state index contributed by atoms with van der Waals surface area (Å²) in [5.41, 5.74) is 8.72. The minimum atomic E-state index is -0.0820. The van der Waals surface area contributed by atoms with E-state index in [-0.39, 0.29) is 12.1 Å². The summed E-state index contributed by atoms with van der Waals surface area (Å²) < 4.78 is 6.03. The maximum absolute atomic E-state index is 6.34. The minimum Gasteiger partial charge on any atom is -0.486 e. The minimum absolute atomic E-state index is 0.0302. The van der Waals surface area contributed by atoms with E-state index in [4.69, 9.17) is 10.5 Å². The molecule has 0 spiro atoms. The molecule has 0 bridgehead atoms. The Labute approximate surface area is 118 Å². The first-order valence-corrected chi connectivity index (χ1v) is 7.43. The van der Waals surface area contributed by atoms with E-state index < -0.39 is 0 Å². The number of fused-ring (bicyclic) bond motifs is 1. The Morgan fingerprint density at radius 1 is 1.16 bits per heavy atom. The Morgan fingerprint density at radius 2 is 1.89 bits per heavy atom. The zero-order valence-electron chi connectivity index (χ0n) is 10.9. The fraction of sp³-hybridized carbons (Fsp3) is 0.250. The molecule has 0 saturated carbocycles. The number of hydrogen-bond acceptors (Lipinski definition) is 3. The second kappa shape index (κ2) is 5.27. The third kappa shape index (κ3) is 2.62. The van der Waals surface area contributed by atoms with Gasteiger partial charge >= 0.3 is 0 Å². The Balaban J connectivity index is 1.79. The molecule has 1 aliphatic heterocycles. The van der Waals surface area contributed by atoms with Crippen LogP contribution in [0.5, 0.6) is 5.75 Å². The molecule has 0 amide bonds. The average molecular weight is 271 g/mol. The monoisotopic (exact) mass is 271 g/mol. The number of thioether (sulfide) groups is 1. The summed E-state index contributed by atoms with van der Waals surface area (Å²) in [5.74, 6) is 1.85. The highest BCUT2D eigenvalue weighted by atomic mass is 32.2.